The number of hydrogen-bond donors (Lipinski definition) is 0. The minimum atomic E-state index is 0.486. The van der Waals surface area contributed by atoms with E-state index < -0.39 is 0 Å². The first-order chi connectivity index (χ1) is 12.9. The molecule has 0 radical (unpaired) electrons. The van der Waals surface area contributed by atoms with Gasteiger partial charge in [0.2, 0.25) is 0 Å². The highest BCUT2D eigenvalue weighted by molar-refractivity contribution is 5.83. The lowest BCUT2D eigenvalue weighted by Gasteiger charge is -2.20. The van der Waals surface area contributed by atoms with Crippen LogP contribution >= 0.6 is 0 Å². The maximum absolute atomic E-state index is 4.68. The minimum absolute atomic E-state index is 0.486. The Morgan fingerprint density at radius 2 is 1.73 bits per heavy atom. The summed E-state index contributed by atoms with van der Waals surface area (Å²) in [7, 11) is 0. The largest absolute Gasteiger partial charge is 0.352 e. The van der Waals surface area contributed by atoms with Crippen LogP contribution in [0.2, 0.25) is 0 Å². The van der Waals surface area contributed by atoms with E-state index in [1.54, 1.807) is 6.33 Å². The molecule has 0 aromatic carbocycles. The predicted molar refractivity (Wildman–Crippen MR) is 98.3 cm³/mol. The molecule has 134 valence electrons. The third kappa shape index (κ3) is 2.19. The first kappa shape index (κ1) is 14.7. The number of nitrogens with zero attached hydrogens (tertiary/aromatic N) is 7. The van der Waals surface area contributed by atoms with E-state index in [0.29, 0.717) is 12.1 Å². The highest BCUT2D eigenvalue weighted by Crippen LogP contribution is 2.38. The number of aromatic nitrogens is 6. The van der Waals surface area contributed by atoms with Crippen molar-refractivity contribution < 1.29 is 0 Å². The molecule has 0 bridgehead atoms. The van der Waals surface area contributed by atoms with Crippen molar-refractivity contribution in [1.82, 2.24) is 29.1 Å². The van der Waals surface area contributed by atoms with E-state index in [1.807, 2.05) is 6.33 Å². The minimum Gasteiger partial charge on any atom is -0.352 e. The van der Waals surface area contributed by atoms with Crippen LogP contribution < -0.4 is 4.90 Å². The molecule has 6 rings (SSSR count). The summed E-state index contributed by atoms with van der Waals surface area (Å²) in [5.41, 5.74) is 4.73. The van der Waals surface area contributed by atoms with Gasteiger partial charge in [-0.25, -0.2) is 19.9 Å². The van der Waals surface area contributed by atoms with Gasteiger partial charge in [0.1, 0.15) is 6.33 Å². The molecule has 2 fully saturated rings. The molecule has 0 spiro atoms. The SMILES string of the molecule is c1nc(N2CCC(n3cnc4c3CCCC4)C2)c2ncn(C3CC3)c2n1. The monoisotopic (exact) mass is 349 g/mol. The molecule has 1 saturated carbocycles. The van der Waals surface area contributed by atoms with Crippen molar-refractivity contribution in [1.29, 1.82) is 0 Å². The van der Waals surface area contributed by atoms with Crippen LogP contribution in [-0.2, 0) is 12.8 Å². The molecule has 1 aliphatic heterocycles. The van der Waals surface area contributed by atoms with Gasteiger partial charge in [0.05, 0.1) is 24.4 Å². The third-order valence-corrected chi connectivity index (χ3v) is 6.20. The van der Waals surface area contributed by atoms with Crippen molar-refractivity contribution in [2.24, 2.45) is 0 Å². The zero-order valence-corrected chi connectivity index (χ0v) is 14.9. The Balaban J connectivity index is 1.31. The Morgan fingerprint density at radius 3 is 2.65 bits per heavy atom. The van der Waals surface area contributed by atoms with E-state index in [2.05, 4.69) is 40.3 Å². The van der Waals surface area contributed by atoms with Crippen molar-refractivity contribution in [3.63, 3.8) is 0 Å². The molecule has 1 atom stereocenters. The number of rotatable bonds is 3. The van der Waals surface area contributed by atoms with Crippen molar-refractivity contribution in [3.05, 3.63) is 30.4 Å². The summed E-state index contributed by atoms with van der Waals surface area (Å²) < 4.78 is 4.66. The molecule has 2 aliphatic carbocycles. The standard InChI is InChI=1S/C19H23N7/c1-2-4-16-15(3-1)22-11-25(16)14-7-8-24(9-14)18-17-19(21-10-20-18)26(12-23-17)13-5-6-13/h10-14H,1-9H2. The van der Waals surface area contributed by atoms with Gasteiger partial charge in [0.15, 0.2) is 17.0 Å². The van der Waals surface area contributed by atoms with Crippen LogP contribution in [0.3, 0.4) is 0 Å². The van der Waals surface area contributed by atoms with Gasteiger partial charge < -0.3 is 14.0 Å². The Morgan fingerprint density at radius 1 is 0.846 bits per heavy atom. The number of anilines is 1. The number of hydrogen-bond acceptors (Lipinski definition) is 5. The van der Waals surface area contributed by atoms with Crippen LogP contribution in [0.1, 0.15) is 55.6 Å². The van der Waals surface area contributed by atoms with Gasteiger partial charge in [0, 0.05) is 24.8 Å². The lowest BCUT2D eigenvalue weighted by Crippen LogP contribution is -2.23. The van der Waals surface area contributed by atoms with Gasteiger partial charge in [-0.2, -0.15) is 0 Å². The molecule has 1 saturated heterocycles. The maximum Gasteiger partial charge on any atom is 0.165 e. The molecule has 3 aromatic heterocycles. The molecule has 1 unspecified atom stereocenters. The summed E-state index contributed by atoms with van der Waals surface area (Å²) in [5.74, 6) is 0.992. The second kappa shape index (κ2) is 5.53. The zero-order chi connectivity index (χ0) is 17.1. The summed E-state index contributed by atoms with van der Waals surface area (Å²) in [6.45, 7) is 1.99. The summed E-state index contributed by atoms with van der Waals surface area (Å²) in [6, 6.07) is 1.08. The van der Waals surface area contributed by atoms with E-state index in [1.165, 1.54) is 43.5 Å². The van der Waals surface area contributed by atoms with Crippen molar-refractivity contribution in [2.45, 2.75) is 57.0 Å². The van der Waals surface area contributed by atoms with Crippen molar-refractivity contribution in [3.8, 4) is 0 Å². The third-order valence-electron chi connectivity index (χ3n) is 6.20. The summed E-state index contributed by atoms with van der Waals surface area (Å²) in [4.78, 5) is 20.8. The maximum atomic E-state index is 4.68. The lowest BCUT2D eigenvalue weighted by molar-refractivity contribution is 0.515. The Kier molecular flexibility index (Phi) is 3.12. The van der Waals surface area contributed by atoms with E-state index >= 15 is 0 Å². The van der Waals surface area contributed by atoms with Crippen LogP contribution in [0, 0.1) is 0 Å². The molecular weight excluding hydrogens is 326 g/mol. The first-order valence-electron chi connectivity index (χ1n) is 9.85. The molecule has 7 heteroatoms. The topological polar surface area (TPSA) is 64.7 Å². The van der Waals surface area contributed by atoms with Crippen LogP contribution in [0.5, 0.6) is 0 Å². The summed E-state index contributed by atoms with van der Waals surface area (Å²) in [6.07, 6.45) is 14.2. The Labute approximate surface area is 152 Å². The number of imidazole rings is 2. The van der Waals surface area contributed by atoms with Crippen LogP contribution in [-0.4, -0.2) is 42.2 Å². The fourth-order valence-electron chi connectivity index (χ4n) is 4.66. The van der Waals surface area contributed by atoms with Gasteiger partial charge in [0.25, 0.3) is 0 Å². The Hall–Kier alpha value is -2.44. The highest BCUT2D eigenvalue weighted by Gasteiger charge is 2.31. The average molecular weight is 349 g/mol. The first-order valence-corrected chi connectivity index (χ1v) is 9.85. The summed E-state index contributed by atoms with van der Waals surface area (Å²) in [5, 5.41) is 0. The van der Waals surface area contributed by atoms with Gasteiger partial charge in [-0.05, 0) is 44.9 Å². The van der Waals surface area contributed by atoms with Crippen LogP contribution in [0.15, 0.2) is 19.0 Å². The van der Waals surface area contributed by atoms with E-state index in [4.69, 9.17) is 0 Å². The molecule has 0 amide bonds. The van der Waals surface area contributed by atoms with Gasteiger partial charge in [-0.1, -0.05) is 0 Å². The van der Waals surface area contributed by atoms with Gasteiger partial charge in [-0.15, -0.1) is 0 Å². The molecular formula is C19H23N7. The fourth-order valence-corrected chi connectivity index (χ4v) is 4.66. The number of fused-ring (bicyclic) bond motifs is 2. The Bertz CT molecular complexity index is 968. The van der Waals surface area contributed by atoms with Crippen molar-refractivity contribution >= 4 is 17.0 Å². The highest BCUT2D eigenvalue weighted by atomic mass is 15.3. The van der Waals surface area contributed by atoms with Crippen LogP contribution in [0.4, 0.5) is 5.82 Å². The van der Waals surface area contributed by atoms with E-state index in [-0.39, 0.29) is 0 Å². The molecule has 3 aromatic rings. The van der Waals surface area contributed by atoms with Gasteiger partial charge in [-0.3, -0.25) is 0 Å². The molecule has 3 aliphatic rings. The van der Waals surface area contributed by atoms with Crippen molar-refractivity contribution in [2.75, 3.05) is 18.0 Å². The number of aryl methyl sites for hydroxylation is 1. The zero-order valence-electron chi connectivity index (χ0n) is 14.9. The second-order valence-corrected chi connectivity index (χ2v) is 7.89. The van der Waals surface area contributed by atoms with E-state index in [9.17, 15) is 0 Å². The quantitative estimate of drug-likeness (QED) is 0.727. The van der Waals surface area contributed by atoms with Crippen LogP contribution in [0.25, 0.3) is 11.2 Å². The normalized spacial score (nSPS) is 22.9. The lowest BCUT2D eigenvalue weighted by atomic mass is 10.0. The molecule has 26 heavy (non-hydrogen) atoms. The fraction of sp³-hybridized carbons (Fsp3) is 0.579. The van der Waals surface area contributed by atoms with Gasteiger partial charge >= 0.3 is 0 Å². The molecule has 7 nitrogen and oxygen atoms in total. The average Bonchev–Trinajstić information content (AvgIpc) is 3.11. The summed E-state index contributed by atoms with van der Waals surface area (Å²) >= 11 is 0. The predicted octanol–water partition coefficient (Wildman–Crippen LogP) is 2.69. The van der Waals surface area contributed by atoms with E-state index in [0.717, 1.165) is 42.9 Å². The molecule has 4 heterocycles. The smallest absolute Gasteiger partial charge is 0.165 e. The molecule has 0 N–H and O–H groups in total. The second-order valence-electron chi connectivity index (χ2n) is 7.89.